The second-order valence-corrected chi connectivity index (χ2v) is 4.48. The third kappa shape index (κ3) is 5.71. The number of rotatable bonds is 8. The van der Waals surface area contributed by atoms with Crippen LogP contribution < -0.4 is 10.5 Å². The summed E-state index contributed by atoms with van der Waals surface area (Å²) in [7, 11) is 1.60. The molecule has 1 atom stereocenters. The number of nitrogens with zero attached hydrogens (tertiary/aromatic N) is 1. The molecular weight excluding hydrogens is 260 g/mol. The van der Waals surface area contributed by atoms with Gasteiger partial charge >= 0.3 is 5.97 Å². The first-order chi connectivity index (χ1) is 9.50. The highest BCUT2D eigenvalue weighted by molar-refractivity contribution is 5.85. The van der Waals surface area contributed by atoms with Gasteiger partial charge in [0.15, 0.2) is 0 Å². The Bertz CT molecular complexity index is 436. The molecule has 0 radical (unpaired) electrons. The van der Waals surface area contributed by atoms with E-state index in [1.165, 1.54) is 4.90 Å². The molecule has 0 aliphatic rings. The molecule has 0 heterocycles. The highest BCUT2D eigenvalue weighted by Gasteiger charge is 2.20. The van der Waals surface area contributed by atoms with Crippen LogP contribution in [0.1, 0.15) is 12.8 Å². The van der Waals surface area contributed by atoms with E-state index < -0.39 is 12.0 Å². The van der Waals surface area contributed by atoms with E-state index in [0.717, 1.165) is 5.75 Å². The number of ether oxygens (including phenoxy) is 1. The van der Waals surface area contributed by atoms with E-state index in [0.29, 0.717) is 19.6 Å². The number of benzene rings is 1. The Morgan fingerprint density at radius 1 is 1.35 bits per heavy atom. The first kappa shape index (κ1) is 16.0. The van der Waals surface area contributed by atoms with E-state index in [1.54, 1.807) is 7.05 Å². The van der Waals surface area contributed by atoms with Gasteiger partial charge < -0.3 is 20.5 Å². The summed E-state index contributed by atoms with van der Waals surface area (Å²) in [6.45, 7) is 0.953. The average Bonchev–Trinajstić information content (AvgIpc) is 2.43. The maximum Gasteiger partial charge on any atom is 0.305 e. The molecule has 0 bridgehead atoms. The molecule has 20 heavy (non-hydrogen) atoms. The number of carbonyl (C=O) groups is 2. The Balaban J connectivity index is 2.24. The van der Waals surface area contributed by atoms with Crippen LogP contribution in [-0.4, -0.2) is 48.1 Å². The predicted molar refractivity (Wildman–Crippen MR) is 74.4 cm³/mol. The van der Waals surface area contributed by atoms with Crippen LogP contribution in [0.25, 0.3) is 0 Å². The highest BCUT2D eigenvalue weighted by atomic mass is 16.5. The fourth-order valence-electron chi connectivity index (χ4n) is 1.68. The Labute approximate surface area is 118 Å². The number of likely N-dealkylation sites (N-methyl/N-ethyl adjacent to an activating group) is 1. The standard InChI is InChI=1S/C14H20N2O4/c1-16(14(19)12(15)10-13(17)18)8-5-9-20-11-6-3-2-4-7-11/h2-4,6-7,12H,5,8-10,15H2,1H3,(H,17,18). The largest absolute Gasteiger partial charge is 0.494 e. The zero-order valence-corrected chi connectivity index (χ0v) is 11.5. The second kappa shape index (κ2) is 8.16. The number of aliphatic carboxylic acids is 1. The molecule has 1 aromatic rings. The summed E-state index contributed by atoms with van der Waals surface area (Å²) in [6, 6.07) is 8.40. The third-order valence-electron chi connectivity index (χ3n) is 2.74. The molecular formula is C14H20N2O4. The van der Waals surface area contributed by atoms with Crippen molar-refractivity contribution in [1.29, 1.82) is 0 Å². The van der Waals surface area contributed by atoms with E-state index in [2.05, 4.69) is 0 Å². The van der Waals surface area contributed by atoms with Crippen LogP contribution in [0.5, 0.6) is 5.75 Å². The Morgan fingerprint density at radius 2 is 2.00 bits per heavy atom. The number of carboxylic acid groups (broad SMARTS) is 1. The minimum absolute atomic E-state index is 0.357. The first-order valence-electron chi connectivity index (χ1n) is 6.41. The maximum atomic E-state index is 11.7. The molecule has 1 amide bonds. The van der Waals surface area contributed by atoms with Gasteiger partial charge in [-0.3, -0.25) is 9.59 Å². The molecule has 0 saturated heterocycles. The minimum atomic E-state index is -1.08. The van der Waals surface area contributed by atoms with Crippen molar-refractivity contribution in [1.82, 2.24) is 4.90 Å². The molecule has 0 fully saturated rings. The number of nitrogens with two attached hydrogens (primary N) is 1. The topological polar surface area (TPSA) is 92.9 Å². The predicted octanol–water partition coefficient (Wildman–Crippen LogP) is 0.716. The first-order valence-corrected chi connectivity index (χ1v) is 6.41. The summed E-state index contributed by atoms with van der Waals surface area (Å²) in [5.74, 6) is -0.664. The molecule has 0 aliphatic carbocycles. The van der Waals surface area contributed by atoms with E-state index in [1.807, 2.05) is 30.3 Å². The van der Waals surface area contributed by atoms with Gasteiger partial charge in [0.1, 0.15) is 5.75 Å². The Hall–Kier alpha value is -2.08. The van der Waals surface area contributed by atoms with Crippen LogP contribution in [0.15, 0.2) is 30.3 Å². The number of hydrogen-bond acceptors (Lipinski definition) is 4. The number of carbonyl (C=O) groups excluding carboxylic acids is 1. The molecule has 6 heteroatoms. The molecule has 0 saturated carbocycles. The maximum absolute atomic E-state index is 11.7. The van der Waals surface area contributed by atoms with E-state index >= 15 is 0 Å². The van der Waals surface area contributed by atoms with Crippen molar-refractivity contribution in [2.24, 2.45) is 5.73 Å². The number of hydrogen-bond donors (Lipinski definition) is 2. The molecule has 1 rings (SSSR count). The Morgan fingerprint density at radius 3 is 2.60 bits per heavy atom. The summed E-state index contributed by atoms with van der Waals surface area (Å²) in [5.41, 5.74) is 5.51. The van der Waals surface area contributed by atoms with Gasteiger partial charge in [0.25, 0.3) is 0 Å². The van der Waals surface area contributed by atoms with Crippen molar-refractivity contribution in [3.05, 3.63) is 30.3 Å². The fraction of sp³-hybridized carbons (Fsp3) is 0.429. The lowest BCUT2D eigenvalue weighted by Gasteiger charge is -2.20. The molecule has 1 aromatic carbocycles. The summed E-state index contributed by atoms with van der Waals surface area (Å²) in [4.78, 5) is 23.7. The average molecular weight is 280 g/mol. The quantitative estimate of drug-likeness (QED) is 0.684. The SMILES string of the molecule is CN(CCCOc1ccccc1)C(=O)C(N)CC(=O)O. The van der Waals surface area contributed by atoms with Crippen molar-refractivity contribution in [2.75, 3.05) is 20.2 Å². The van der Waals surface area contributed by atoms with Gasteiger partial charge in [0, 0.05) is 13.6 Å². The van der Waals surface area contributed by atoms with Crippen molar-refractivity contribution in [2.45, 2.75) is 18.9 Å². The number of amides is 1. The van der Waals surface area contributed by atoms with Crippen molar-refractivity contribution in [3.63, 3.8) is 0 Å². The lowest BCUT2D eigenvalue weighted by atomic mass is 10.2. The summed E-state index contributed by atoms with van der Waals surface area (Å²) < 4.78 is 5.50. The summed E-state index contributed by atoms with van der Waals surface area (Å²) in [6.07, 6.45) is 0.292. The Kier molecular flexibility index (Phi) is 6.52. The van der Waals surface area contributed by atoms with Crippen LogP contribution in [0, 0.1) is 0 Å². The van der Waals surface area contributed by atoms with Crippen LogP contribution in [0.2, 0.25) is 0 Å². The van der Waals surface area contributed by atoms with Crippen molar-refractivity contribution >= 4 is 11.9 Å². The zero-order valence-electron chi connectivity index (χ0n) is 11.5. The van der Waals surface area contributed by atoms with Gasteiger partial charge in [-0.2, -0.15) is 0 Å². The van der Waals surface area contributed by atoms with Crippen LogP contribution in [0.4, 0.5) is 0 Å². The van der Waals surface area contributed by atoms with E-state index in [9.17, 15) is 9.59 Å². The lowest BCUT2D eigenvalue weighted by Crippen LogP contribution is -2.43. The number of carboxylic acids is 1. The monoisotopic (exact) mass is 280 g/mol. The van der Waals surface area contributed by atoms with Crippen molar-refractivity contribution < 1.29 is 19.4 Å². The van der Waals surface area contributed by atoms with E-state index in [4.69, 9.17) is 15.6 Å². The molecule has 3 N–H and O–H groups in total. The zero-order chi connectivity index (χ0) is 15.0. The van der Waals surface area contributed by atoms with Gasteiger partial charge in [-0.1, -0.05) is 18.2 Å². The lowest BCUT2D eigenvalue weighted by molar-refractivity contribution is -0.141. The molecule has 0 aromatic heterocycles. The van der Waals surface area contributed by atoms with Crippen LogP contribution >= 0.6 is 0 Å². The van der Waals surface area contributed by atoms with E-state index in [-0.39, 0.29) is 12.3 Å². The number of para-hydroxylation sites is 1. The molecule has 0 aliphatic heterocycles. The molecule has 110 valence electrons. The normalized spacial score (nSPS) is 11.7. The minimum Gasteiger partial charge on any atom is -0.494 e. The van der Waals surface area contributed by atoms with Gasteiger partial charge in [-0.15, -0.1) is 0 Å². The van der Waals surface area contributed by atoms with Crippen molar-refractivity contribution in [3.8, 4) is 5.75 Å². The van der Waals surface area contributed by atoms with Gasteiger partial charge in [0.05, 0.1) is 19.1 Å². The third-order valence-corrected chi connectivity index (χ3v) is 2.74. The highest BCUT2D eigenvalue weighted by Crippen LogP contribution is 2.08. The fourth-order valence-corrected chi connectivity index (χ4v) is 1.68. The summed E-state index contributed by atoms with van der Waals surface area (Å²) >= 11 is 0. The summed E-state index contributed by atoms with van der Waals surface area (Å²) in [5, 5.41) is 8.58. The molecule has 0 spiro atoms. The smallest absolute Gasteiger partial charge is 0.305 e. The van der Waals surface area contributed by atoms with Crippen LogP contribution in [0.3, 0.4) is 0 Å². The van der Waals surface area contributed by atoms with Gasteiger partial charge in [-0.25, -0.2) is 0 Å². The molecule has 1 unspecified atom stereocenters. The molecule has 6 nitrogen and oxygen atoms in total. The second-order valence-electron chi connectivity index (χ2n) is 4.48. The van der Waals surface area contributed by atoms with Gasteiger partial charge in [-0.05, 0) is 18.6 Å². The van der Waals surface area contributed by atoms with Crippen LogP contribution in [-0.2, 0) is 9.59 Å². The van der Waals surface area contributed by atoms with Gasteiger partial charge in [0.2, 0.25) is 5.91 Å².